The fraction of sp³-hybridized carbons (Fsp3) is 0.111. The number of amides is 2. The Labute approximate surface area is 138 Å². The molecule has 0 unspecified atom stereocenters. The third-order valence-corrected chi connectivity index (χ3v) is 4.33. The third kappa shape index (κ3) is 3.96. The SMILES string of the molecule is O=C(CNC(=O)c1cccs1)NCc1ccc2ccccc2c1. The van der Waals surface area contributed by atoms with Crippen LogP contribution < -0.4 is 10.6 Å². The summed E-state index contributed by atoms with van der Waals surface area (Å²) in [7, 11) is 0. The smallest absolute Gasteiger partial charge is 0.261 e. The van der Waals surface area contributed by atoms with Crippen molar-refractivity contribution in [1.82, 2.24) is 10.6 Å². The van der Waals surface area contributed by atoms with Crippen LogP contribution in [-0.4, -0.2) is 18.4 Å². The summed E-state index contributed by atoms with van der Waals surface area (Å²) in [6.07, 6.45) is 0. The molecule has 0 aliphatic carbocycles. The van der Waals surface area contributed by atoms with Gasteiger partial charge in [0.1, 0.15) is 0 Å². The summed E-state index contributed by atoms with van der Waals surface area (Å²) in [5, 5.41) is 9.57. The Kier molecular flexibility index (Phi) is 4.68. The first-order valence-electron chi connectivity index (χ1n) is 7.28. The average Bonchev–Trinajstić information content (AvgIpc) is 3.12. The lowest BCUT2D eigenvalue weighted by Gasteiger charge is -2.07. The predicted molar refractivity (Wildman–Crippen MR) is 92.4 cm³/mol. The molecule has 0 saturated carbocycles. The van der Waals surface area contributed by atoms with Gasteiger partial charge in [0.2, 0.25) is 5.91 Å². The molecule has 5 heteroatoms. The molecule has 0 aliphatic heterocycles. The Bertz CT molecular complexity index is 828. The van der Waals surface area contributed by atoms with E-state index in [9.17, 15) is 9.59 Å². The molecule has 0 saturated heterocycles. The van der Waals surface area contributed by atoms with E-state index < -0.39 is 0 Å². The first-order chi connectivity index (χ1) is 11.2. The fourth-order valence-electron chi connectivity index (χ4n) is 2.27. The monoisotopic (exact) mass is 324 g/mol. The molecule has 0 fully saturated rings. The van der Waals surface area contributed by atoms with Crippen molar-refractivity contribution in [2.24, 2.45) is 0 Å². The number of benzene rings is 2. The minimum atomic E-state index is -0.221. The molecule has 1 heterocycles. The van der Waals surface area contributed by atoms with Gasteiger partial charge in [-0.3, -0.25) is 9.59 Å². The van der Waals surface area contributed by atoms with Crippen LogP contribution in [0.5, 0.6) is 0 Å². The van der Waals surface area contributed by atoms with Crippen molar-refractivity contribution in [3.8, 4) is 0 Å². The van der Waals surface area contributed by atoms with E-state index in [4.69, 9.17) is 0 Å². The lowest BCUT2D eigenvalue weighted by Crippen LogP contribution is -2.36. The minimum absolute atomic E-state index is 0.0235. The second kappa shape index (κ2) is 7.07. The number of carbonyl (C=O) groups excluding carboxylic acids is 2. The average molecular weight is 324 g/mol. The zero-order chi connectivity index (χ0) is 16.1. The van der Waals surface area contributed by atoms with Gasteiger partial charge in [-0.2, -0.15) is 0 Å². The van der Waals surface area contributed by atoms with Gasteiger partial charge in [-0.15, -0.1) is 11.3 Å². The van der Waals surface area contributed by atoms with Crippen LogP contribution in [0.25, 0.3) is 10.8 Å². The number of hydrogen-bond donors (Lipinski definition) is 2. The van der Waals surface area contributed by atoms with E-state index >= 15 is 0 Å². The molecule has 2 aromatic carbocycles. The van der Waals surface area contributed by atoms with Gasteiger partial charge < -0.3 is 10.6 Å². The number of rotatable bonds is 5. The highest BCUT2D eigenvalue weighted by Gasteiger charge is 2.08. The predicted octanol–water partition coefficient (Wildman–Crippen LogP) is 2.95. The van der Waals surface area contributed by atoms with Crippen LogP contribution in [0, 0.1) is 0 Å². The first-order valence-corrected chi connectivity index (χ1v) is 8.16. The molecule has 0 aliphatic rings. The zero-order valence-corrected chi connectivity index (χ0v) is 13.2. The van der Waals surface area contributed by atoms with Gasteiger partial charge in [0.25, 0.3) is 5.91 Å². The number of carbonyl (C=O) groups is 2. The van der Waals surface area contributed by atoms with Crippen LogP contribution in [0.3, 0.4) is 0 Å². The Morgan fingerprint density at radius 2 is 1.74 bits per heavy atom. The van der Waals surface area contributed by atoms with Gasteiger partial charge in [0.15, 0.2) is 0 Å². The van der Waals surface area contributed by atoms with Crippen LogP contribution in [0.1, 0.15) is 15.2 Å². The van der Waals surface area contributed by atoms with Crippen LogP contribution in [0.15, 0.2) is 60.0 Å². The normalized spacial score (nSPS) is 10.4. The van der Waals surface area contributed by atoms with Gasteiger partial charge >= 0.3 is 0 Å². The first kappa shape index (κ1) is 15.2. The standard InChI is InChI=1S/C18H16N2O2S/c21-17(12-20-18(22)16-6-3-9-23-16)19-11-13-7-8-14-4-1-2-5-15(14)10-13/h1-10H,11-12H2,(H,19,21)(H,20,22). The Hall–Kier alpha value is -2.66. The molecule has 4 nitrogen and oxygen atoms in total. The van der Waals surface area contributed by atoms with E-state index in [2.05, 4.69) is 22.8 Å². The minimum Gasteiger partial charge on any atom is -0.350 e. The summed E-state index contributed by atoms with van der Waals surface area (Å²) in [4.78, 5) is 24.2. The molecule has 0 atom stereocenters. The second-order valence-electron chi connectivity index (χ2n) is 5.12. The van der Waals surface area contributed by atoms with E-state index in [0.717, 1.165) is 10.9 Å². The molecule has 2 amide bonds. The third-order valence-electron chi connectivity index (χ3n) is 3.46. The van der Waals surface area contributed by atoms with E-state index in [0.29, 0.717) is 11.4 Å². The molecule has 116 valence electrons. The molecule has 3 rings (SSSR count). The number of thiophene rings is 1. The van der Waals surface area contributed by atoms with Crippen molar-refractivity contribution in [3.63, 3.8) is 0 Å². The molecule has 0 spiro atoms. The molecule has 2 N–H and O–H groups in total. The van der Waals surface area contributed by atoms with Crippen LogP contribution in [-0.2, 0) is 11.3 Å². The maximum Gasteiger partial charge on any atom is 0.261 e. The zero-order valence-electron chi connectivity index (χ0n) is 12.4. The highest BCUT2D eigenvalue weighted by atomic mass is 32.1. The van der Waals surface area contributed by atoms with Crippen LogP contribution >= 0.6 is 11.3 Å². The van der Waals surface area contributed by atoms with Crippen LogP contribution in [0.2, 0.25) is 0 Å². The maximum atomic E-state index is 11.8. The van der Waals surface area contributed by atoms with E-state index in [1.54, 1.807) is 12.1 Å². The molecular weight excluding hydrogens is 308 g/mol. The second-order valence-corrected chi connectivity index (χ2v) is 6.07. The highest BCUT2D eigenvalue weighted by molar-refractivity contribution is 7.12. The van der Waals surface area contributed by atoms with E-state index in [1.807, 2.05) is 35.7 Å². The molecule has 1 aromatic heterocycles. The number of fused-ring (bicyclic) bond motifs is 1. The van der Waals surface area contributed by atoms with Crippen LogP contribution in [0.4, 0.5) is 0 Å². The summed E-state index contributed by atoms with van der Waals surface area (Å²) < 4.78 is 0. The summed E-state index contributed by atoms with van der Waals surface area (Å²) >= 11 is 1.35. The van der Waals surface area contributed by atoms with Crippen molar-refractivity contribution in [3.05, 3.63) is 70.4 Å². The maximum absolute atomic E-state index is 11.8. The largest absolute Gasteiger partial charge is 0.350 e. The van der Waals surface area contributed by atoms with Gasteiger partial charge in [0, 0.05) is 6.54 Å². The fourth-order valence-corrected chi connectivity index (χ4v) is 2.91. The number of hydrogen-bond acceptors (Lipinski definition) is 3. The molecule has 0 bridgehead atoms. The molecule has 0 radical (unpaired) electrons. The molecule has 23 heavy (non-hydrogen) atoms. The number of nitrogens with one attached hydrogen (secondary N) is 2. The summed E-state index contributed by atoms with van der Waals surface area (Å²) in [6.45, 7) is 0.419. The Balaban J connectivity index is 1.51. The topological polar surface area (TPSA) is 58.2 Å². The molecule has 3 aromatic rings. The van der Waals surface area contributed by atoms with Gasteiger partial charge in [-0.05, 0) is 33.8 Å². The van der Waals surface area contributed by atoms with E-state index in [-0.39, 0.29) is 18.4 Å². The van der Waals surface area contributed by atoms with E-state index in [1.165, 1.54) is 16.7 Å². The summed E-state index contributed by atoms with van der Waals surface area (Å²) in [6, 6.07) is 17.7. The van der Waals surface area contributed by atoms with Gasteiger partial charge in [-0.25, -0.2) is 0 Å². The van der Waals surface area contributed by atoms with Gasteiger partial charge in [0.05, 0.1) is 11.4 Å². The summed E-state index contributed by atoms with van der Waals surface area (Å²) in [5.74, 6) is -0.427. The van der Waals surface area contributed by atoms with Crippen molar-refractivity contribution in [2.45, 2.75) is 6.54 Å². The van der Waals surface area contributed by atoms with Crippen molar-refractivity contribution >= 4 is 33.9 Å². The highest BCUT2D eigenvalue weighted by Crippen LogP contribution is 2.15. The molecular formula is C18H16N2O2S. The van der Waals surface area contributed by atoms with Crippen molar-refractivity contribution < 1.29 is 9.59 Å². The van der Waals surface area contributed by atoms with Crippen molar-refractivity contribution in [2.75, 3.05) is 6.54 Å². The Morgan fingerprint density at radius 3 is 2.52 bits per heavy atom. The lowest BCUT2D eigenvalue weighted by molar-refractivity contribution is -0.120. The summed E-state index contributed by atoms with van der Waals surface area (Å²) in [5.41, 5.74) is 1.03. The lowest BCUT2D eigenvalue weighted by atomic mass is 10.1. The quantitative estimate of drug-likeness (QED) is 0.758. The Morgan fingerprint density at radius 1 is 0.913 bits per heavy atom. The van der Waals surface area contributed by atoms with Crippen molar-refractivity contribution in [1.29, 1.82) is 0 Å². The van der Waals surface area contributed by atoms with Gasteiger partial charge in [-0.1, -0.05) is 42.5 Å².